The molecule has 0 saturated carbocycles. The van der Waals surface area contributed by atoms with Crippen LogP contribution >= 0.6 is 0 Å². The first-order valence-electron chi connectivity index (χ1n) is 4.56. The molecule has 0 saturated heterocycles. The first kappa shape index (κ1) is 10.1. The molecule has 2 rings (SSSR count). The fourth-order valence-electron chi connectivity index (χ4n) is 1.32. The van der Waals surface area contributed by atoms with Crippen molar-refractivity contribution in [1.29, 1.82) is 5.26 Å². The van der Waals surface area contributed by atoms with E-state index in [1.54, 1.807) is 12.1 Å². The summed E-state index contributed by atoms with van der Waals surface area (Å²) in [7, 11) is 0. The fraction of sp³-hybridized carbons (Fsp3) is 0. The molecule has 0 unspecified atom stereocenters. The Balaban J connectivity index is 2.49. The number of rotatable bonds is 1. The summed E-state index contributed by atoms with van der Waals surface area (Å²) in [6.45, 7) is 0. The molecule has 4 heteroatoms. The van der Waals surface area contributed by atoms with Crippen molar-refractivity contribution in [3.8, 4) is 23.1 Å². The average molecular weight is 214 g/mol. The monoisotopic (exact) mass is 214 g/mol. The van der Waals surface area contributed by atoms with Crippen molar-refractivity contribution in [2.45, 2.75) is 0 Å². The number of pyridine rings is 1. The summed E-state index contributed by atoms with van der Waals surface area (Å²) in [6, 6.07) is 9.08. The third-order valence-electron chi connectivity index (χ3n) is 2.14. The van der Waals surface area contributed by atoms with Gasteiger partial charge in [0.1, 0.15) is 11.9 Å². The van der Waals surface area contributed by atoms with Gasteiger partial charge in [0, 0.05) is 5.56 Å². The molecule has 0 aliphatic heterocycles. The predicted octanol–water partition coefficient (Wildman–Crippen LogP) is 2.46. The first-order chi connectivity index (χ1) is 7.70. The second-order valence-corrected chi connectivity index (χ2v) is 3.21. The van der Waals surface area contributed by atoms with Crippen LogP contribution in [0.1, 0.15) is 5.56 Å². The summed E-state index contributed by atoms with van der Waals surface area (Å²) in [6.07, 6.45) is 1.21. The van der Waals surface area contributed by atoms with Gasteiger partial charge in [0.15, 0.2) is 5.75 Å². The molecule has 0 spiro atoms. The van der Waals surface area contributed by atoms with Crippen LogP contribution in [0.2, 0.25) is 0 Å². The van der Waals surface area contributed by atoms with Gasteiger partial charge in [-0.1, -0.05) is 0 Å². The van der Waals surface area contributed by atoms with Gasteiger partial charge in [0.2, 0.25) is 0 Å². The Hall–Kier alpha value is -2.41. The minimum absolute atomic E-state index is 0.148. The highest BCUT2D eigenvalue weighted by Crippen LogP contribution is 2.22. The Morgan fingerprint density at radius 2 is 1.94 bits per heavy atom. The van der Waals surface area contributed by atoms with E-state index in [0.29, 0.717) is 11.3 Å². The molecule has 0 fully saturated rings. The second-order valence-electron chi connectivity index (χ2n) is 3.21. The van der Waals surface area contributed by atoms with Crippen LogP contribution in [-0.2, 0) is 0 Å². The number of nitriles is 1. The standard InChI is InChI=1S/C12H7FN2O/c13-10-3-1-8(2-4-10)11-5-9(6-14)12(16)7-15-11/h1-5,7,16H. The SMILES string of the molecule is N#Cc1cc(-c2ccc(F)cc2)ncc1O. The van der Waals surface area contributed by atoms with Crippen LogP contribution in [0.4, 0.5) is 4.39 Å². The van der Waals surface area contributed by atoms with E-state index in [0.717, 1.165) is 0 Å². The molecule has 1 aromatic carbocycles. The van der Waals surface area contributed by atoms with Gasteiger partial charge >= 0.3 is 0 Å². The number of halogens is 1. The third kappa shape index (κ3) is 1.84. The molecule has 78 valence electrons. The summed E-state index contributed by atoms with van der Waals surface area (Å²) >= 11 is 0. The third-order valence-corrected chi connectivity index (χ3v) is 2.14. The van der Waals surface area contributed by atoms with E-state index in [-0.39, 0.29) is 17.1 Å². The Morgan fingerprint density at radius 1 is 1.25 bits per heavy atom. The zero-order chi connectivity index (χ0) is 11.5. The van der Waals surface area contributed by atoms with E-state index in [2.05, 4.69) is 4.98 Å². The second kappa shape index (κ2) is 3.99. The van der Waals surface area contributed by atoms with Gasteiger partial charge in [-0.15, -0.1) is 0 Å². The highest BCUT2D eigenvalue weighted by Gasteiger charge is 2.05. The van der Waals surface area contributed by atoms with Crippen LogP contribution in [0.5, 0.6) is 5.75 Å². The predicted molar refractivity (Wildman–Crippen MR) is 56.0 cm³/mol. The zero-order valence-corrected chi connectivity index (χ0v) is 8.18. The minimum atomic E-state index is -0.331. The highest BCUT2D eigenvalue weighted by molar-refractivity contribution is 5.62. The molecular formula is C12H7FN2O. The lowest BCUT2D eigenvalue weighted by atomic mass is 10.1. The molecule has 1 N–H and O–H groups in total. The van der Waals surface area contributed by atoms with Crippen LogP contribution in [0.25, 0.3) is 11.3 Å². The van der Waals surface area contributed by atoms with Gasteiger partial charge in [-0.05, 0) is 30.3 Å². The molecule has 2 aromatic rings. The molecular weight excluding hydrogens is 207 g/mol. The summed E-state index contributed by atoms with van der Waals surface area (Å²) in [5.74, 6) is -0.489. The Bertz CT molecular complexity index is 558. The lowest BCUT2D eigenvalue weighted by molar-refractivity contribution is 0.471. The van der Waals surface area contributed by atoms with Crippen molar-refractivity contribution in [1.82, 2.24) is 4.98 Å². The lowest BCUT2D eigenvalue weighted by Gasteiger charge is -2.02. The maximum Gasteiger partial charge on any atom is 0.151 e. The Morgan fingerprint density at radius 3 is 2.56 bits per heavy atom. The van der Waals surface area contributed by atoms with Gasteiger partial charge < -0.3 is 5.11 Å². The Labute approximate surface area is 91.4 Å². The number of hydrogen-bond donors (Lipinski definition) is 1. The summed E-state index contributed by atoms with van der Waals surface area (Å²) in [5, 5.41) is 18.0. The van der Waals surface area contributed by atoms with E-state index >= 15 is 0 Å². The summed E-state index contributed by atoms with van der Waals surface area (Å²) < 4.78 is 12.7. The van der Waals surface area contributed by atoms with Crippen molar-refractivity contribution in [3.63, 3.8) is 0 Å². The number of aromatic nitrogens is 1. The van der Waals surface area contributed by atoms with E-state index in [9.17, 15) is 9.50 Å². The molecule has 1 heterocycles. The molecule has 0 amide bonds. The van der Waals surface area contributed by atoms with Crippen LogP contribution in [0.3, 0.4) is 0 Å². The minimum Gasteiger partial charge on any atom is -0.505 e. The van der Waals surface area contributed by atoms with Gasteiger partial charge in [0.25, 0.3) is 0 Å². The fourth-order valence-corrected chi connectivity index (χ4v) is 1.32. The molecule has 0 aliphatic carbocycles. The summed E-state index contributed by atoms with van der Waals surface area (Å²) in [4.78, 5) is 3.96. The molecule has 1 aromatic heterocycles. The van der Waals surface area contributed by atoms with E-state index < -0.39 is 0 Å². The molecule has 0 bridgehead atoms. The van der Waals surface area contributed by atoms with Crippen LogP contribution in [0.15, 0.2) is 36.5 Å². The zero-order valence-electron chi connectivity index (χ0n) is 8.18. The van der Waals surface area contributed by atoms with Crippen LogP contribution < -0.4 is 0 Å². The van der Waals surface area contributed by atoms with Crippen molar-refractivity contribution in [2.75, 3.05) is 0 Å². The Kier molecular flexibility index (Phi) is 2.52. The lowest BCUT2D eigenvalue weighted by Crippen LogP contribution is -1.86. The topological polar surface area (TPSA) is 56.9 Å². The molecule has 0 radical (unpaired) electrons. The highest BCUT2D eigenvalue weighted by atomic mass is 19.1. The smallest absolute Gasteiger partial charge is 0.151 e. The molecule has 0 aliphatic rings. The maximum absolute atomic E-state index is 12.7. The van der Waals surface area contributed by atoms with Crippen LogP contribution in [-0.4, -0.2) is 10.1 Å². The largest absolute Gasteiger partial charge is 0.505 e. The van der Waals surface area contributed by atoms with Gasteiger partial charge in [-0.2, -0.15) is 5.26 Å². The van der Waals surface area contributed by atoms with Crippen molar-refractivity contribution in [2.24, 2.45) is 0 Å². The number of nitrogens with zero attached hydrogens (tertiary/aromatic N) is 2. The number of aromatic hydroxyl groups is 1. The summed E-state index contributed by atoms with van der Waals surface area (Å²) in [5.41, 5.74) is 1.36. The normalized spacial score (nSPS) is 9.75. The van der Waals surface area contributed by atoms with Crippen molar-refractivity contribution >= 4 is 0 Å². The van der Waals surface area contributed by atoms with Crippen molar-refractivity contribution < 1.29 is 9.50 Å². The van der Waals surface area contributed by atoms with E-state index in [1.165, 1.54) is 24.4 Å². The van der Waals surface area contributed by atoms with Gasteiger partial charge in [-0.3, -0.25) is 4.98 Å². The van der Waals surface area contributed by atoms with E-state index in [1.807, 2.05) is 6.07 Å². The van der Waals surface area contributed by atoms with Gasteiger partial charge in [0.05, 0.1) is 17.5 Å². The van der Waals surface area contributed by atoms with Crippen molar-refractivity contribution in [3.05, 3.63) is 47.9 Å². The number of benzene rings is 1. The first-order valence-corrected chi connectivity index (χ1v) is 4.56. The average Bonchev–Trinajstić information content (AvgIpc) is 2.31. The van der Waals surface area contributed by atoms with Crippen LogP contribution in [0, 0.1) is 17.1 Å². The molecule has 16 heavy (non-hydrogen) atoms. The number of hydrogen-bond acceptors (Lipinski definition) is 3. The quantitative estimate of drug-likeness (QED) is 0.793. The molecule has 3 nitrogen and oxygen atoms in total. The maximum atomic E-state index is 12.7. The molecule has 0 atom stereocenters. The van der Waals surface area contributed by atoms with Gasteiger partial charge in [-0.25, -0.2) is 4.39 Å². The van der Waals surface area contributed by atoms with E-state index in [4.69, 9.17) is 5.26 Å².